The van der Waals surface area contributed by atoms with Crippen molar-refractivity contribution in [2.24, 2.45) is 11.8 Å². The molecule has 7 heteroatoms. The highest BCUT2D eigenvalue weighted by Crippen LogP contribution is 2.36. The monoisotopic (exact) mass is 476 g/mol. The van der Waals surface area contributed by atoms with E-state index in [0.29, 0.717) is 32.1 Å². The van der Waals surface area contributed by atoms with Gasteiger partial charge in [-0.2, -0.15) is 0 Å². The maximum Gasteiger partial charge on any atom is 0.303 e. The fourth-order valence-electron chi connectivity index (χ4n) is 4.12. The van der Waals surface area contributed by atoms with E-state index in [1.807, 2.05) is 36.4 Å². The lowest BCUT2D eigenvalue weighted by Crippen LogP contribution is -2.19. The Balaban J connectivity index is 1.53. The summed E-state index contributed by atoms with van der Waals surface area (Å²) in [6, 6.07) is 7.96. The summed E-state index contributed by atoms with van der Waals surface area (Å²) in [6.07, 6.45) is 8.93. The number of aryl methyl sites for hydroxylation is 1. The van der Waals surface area contributed by atoms with Crippen molar-refractivity contribution in [3.05, 3.63) is 58.5 Å². The molecule has 4 atom stereocenters. The van der Waals surface area contributed by atoms with Crippen LogP contribution in [0.25, 0.3) is 10.1 Å². The molecule has 1 heterocycles. The number of halogens is 1. The van der Waals surface area contributed by atoms with Crippen LogP contribution in [0.15, 0.2) is 48.6 Å². The van der Waals surface area contributed by atoms with Crippen molar-refractivity contribution in [2.75, 3.05) is 0 Å². The minimum atomic E-state index is -0.814. The molecular weight excluding hydrogens is 448 g/mol. The summed E-state index contributed by atoms with van der Waals surface area (Å²) in [5.74, 6) is -1.44. The number of unbranched alkanes of at least 4 members (excludes halogenated alkanes) is 1. The molecule has 1 fully saturated rings. The molecule has 0 amide bonds. The number of benzene rings is 1. The summed E-state index contributed by atoms with van der Waals surface area (Å²) in [5.41, 5.74) is 0. The van der Waals surface area contributed by atoms with Gasteiger partial charge in [-0.3, -0.25) is 9.59 Å². The van der Waals surface area contributed by atoms with Gasteiger partial charge in [0.2, 0.25) is 0 Å². The SMILES string of the molecule is O=C(O)CCC/C=C\C[C@H]1C(=O)C[C@@H](O)[C@@H]1/C=C/[C@@H](O)CCc1sc2ccccc2c1Cl. The van der Waals surface area contributed by atoms with Crippen molar-refractivity contribution in [1.29, 1.82) is 0 Å². The maximum atomic E-state index is 12.3. The van der Waals surface area contributed by atoms with Gasteiger partial charge in [-0.05, 0) is 38.2 Å². The Hall–Kier alpha value is -1.99. The largest absolute Gasteiger partial charge is 0.481 e. The van der Waals surface area contributed by atoms with Gasteiger partial charge in [-0.15, -0.1) is 11.3 Å². The highest BCUT2D eigenvalue weighted by atomic mass is 35.5. The van der Waals surface area contributed by atoms with Crippen LogP contribution in [0.5, 0.6) is 0 Å². The first-order valence-electron chi connectivity index (χ1n) is 11.0. The lowest BCUT2D eigenvalue weighted by molar-refractivity contribution is -0.137. The Bertz CT molecular complexity index is 995. The second-order valence-corrected chi connectivity index (χ2v) is 9.76. The minimum Gasteiger partial charge on any atom is -0.481 e. The number of fused-ring (bicyclic) bond motifs is 1. The fraction of sp³-hybridized carbons (Fsp3) is 0.440. The number of aliphatic carboxylic acids is 1. The van der Waals surface area contributed by atoms with E-state index in [2.05, 4.69) is 0 Å². The van der Waals surface area contributed by atoms with Crippen molar-refractivity contribution in [2.45, 2.75) is 57.2 Å². The summed E-state index contributed by atoms with van der Waals surface area (Å²) in [7, 11) is 0. The smallest absolute Gasteiger partial charge is 0.303 e. The Morgan fingerprint density at radius 3 is 2.81 bits per heavy atom. The molecule has 0 aliphatic heterocycles. The van der Waals surface area contributed by atoms with E-state index in [-0.39, 0.29) is 30.5 Å². The van der Waals surface area contributed by atoms with Crippen LogP contribution < -0.4 is 0 Å². The lowest BCUT2D eigenvalue weighted by atomic mass is 9.90. The first kappa shape index (κ1) is 24.6. The summed E-state index contributed by atoms with van der Waals surface area (Å²) in [4.78, 5) is 23.9. The molecule has 0 bridgehead atoms. The average molecular weight is 477 g/mol. The molecule has 32 heavy (non-hydrogen) atoms. The number of hydrogen-bond donors (Lipinski definition) is 3. The van der Waals surface area contributed by atoms with E-state index < -0.39 is 18.2 Å². The number of carboxylic acids is 1. The van der Waals surface area contributed by atoms with Gasteiger partial charge < -0.3 is 15.3 Å². The third-order valence-corrected chi connectivity index (χ3v) is 7.65. The first-order chi connectivity index (χ1) is 15.4. The van der Waals surface area contributed by atoms with Crippen molar-refractivity contribution >= 4 is 44.8 Å². The molecule has 2 aromatic rings. The van der Waals surface area contributed by atoms with Gasteiger partial charge in [0.1, 0.15) is 5.78 Å². The number of allylic oxidation sites excluding steroid dienone is 2. The molecule has 0 spiro atoms. The summed E-state index contributed by atoms with van der Waals surface area (Å²) in [6.45, 7) is 0. The van der Waals surface area contributed by atoms with E-state index >= 15 is 0 Å². The zero-order valence-electron chi connectivity index (χ0n) is 17.8. The standard InChI is InChI=1S/C25H29ClO5S/c26-25-19-8-5-6-9-22(19)32-23(25)14-12-16(27)11-13-18-17(20(28)15-21(18)29)7-3-1-2-4-10-24(30)31/h1,3,5-6,8-9,11,13,16-18,21,27,29H,2,4,7,10,12,14-15H2,(H,30,31)/b3-1-,13-11+/t16-,17-,18-,21-/m1/s1. The third kappa shape index (κ3) is 6.51. The number of hydrogen-bond acceptors (Lipinski definition) is 5. The number of thiophene rings is 1. The van der Waals surface area contributed by atoms with Crippen LogP contribution in [-0.4, -0.2) is 39.3 Å². The predicted molar refractivity (Wildman–Crippen MR) is 128 cm³/mol. The Morgan fingerprint density at radius 1 is 1.28 bits per heavy atom. The van der Waals surface area contributed by atoms with Crippen molar-refractivity contribution in [1.82, 2.24) is 0 Å². The highest BCUT2D eigenvalue weighted by molar-refractivity contribution is 7.19. The van der Waals surface area contributed by atoms with Gasteiger partial charge in [0.05, 0.1) is 17.2 Å². The number of Topliss-reactive ketones (excluding diaryl/α,β-unsaturated/α-hetero) is 1. The van der Waals surface area contributed by atoms with Gasteiger partial charge in [0.15, 0.2) is 0 Å². The molecule has 5 nitrogen and oxygen atoms in total. The topological polar surface area (TPSA) is 94.8 Å². The van der Waals surface area contributed by atoms with E-state index in [4.69, 9.17) is 16.7 Å². The fourth-order valence-corrected chi connectivity index (χ4v) is 5.66. The zero-order valence-corrected chi connectivity index (χ0v) is 19.4. The number of carbonyl (C=O) groups is 2. The average Bonchev–Trinajstić information content (AvgIpc) is 3.22. The molecule has 1 aromatic heterocycles. The number of ketones is 1. The molecule has 3 rings (SSSR count). The highest BCUT2D eigenvalue weighted by Gasteiger charge is 2.39. The van der Waals surface area contributed by atoms with Crippen LogP contribution in [0.2, 0.25) is 5.02 Å². The van der Waals surface area contributed by atoms with E-state index in [9.17, 15) is 19.8 Å². The van der Waals surface area contributed by atoms with Gasteiger partial charge >= 0.3 is 5.97 Å². The number of carboxylic acid groups (broad SMARTS) is 1. The normalized spacial score (nSPS) is 22.5. The number of rotatable bonds is 11. The first-order valence-corrected chi connectivity index (χ1v) is 12.2. The van der Waals surface area contributed by atoms with Crippen LogP contribution in [-0.2, 0) is 16.0 Å². The van der Waals surface area contributed by atoms with Crippen LogP contribution >= 0.6 is 22.9 Å². The molecule has 1 aliphatic rings. The van der Waals surface area contributed by atoms with E-state index in [0.717, 1.165) is 20.0 Å². The molecule has 1 aromatic carbocycles. The van der Waals surface area contributed by atoms with Crippen molar-refractivity contribution in [3.63, 3.8) is 0 Å². The quantitative estimate of drug-likeness (QED) is 0.307. The molecule has 0 radical (unpaired) electrons. The van der Waals surface area contributed by atoms with Crippen LogP contribution in [0.4, 0.5) is 0 Å². The van der Waals surface area contributed by atoms with Gasteiger partial charge in [0.25, 0.3) is 0 Å². The van der Waals surface area contributed by atoms with E-state index in [1.54, 1.807) is 23.5 Å². The van der Waals surface area contributed by atoms with Crippen molar-refractivity contribution < 1.29 is 24.9 Å². The molecule has 1 aliphatic carbocycles. The van der Waals surface area contributed by atoms with Crippen molar-refractivity contribution in [3.8, 4) is 0 Å². The lowest BCUT2D eigenvalue weighted by Gasteiger charge is -2.16. The molecule has 1 saturated carbocycles. The maximum absolute atomic E-state index is 12.3. The number of aliphatic hydroxyl groups excluding tert-OH is 2. The predicted octanol–water partition coefficient (Wildman–Crippen LogP) is 5.17. The second kappa shape index (κ2) is 11.8. The number of carbonyl (C=O) groups excluding carboxylic acids is 1. The Labute approximate surface area is 197 Å². The summed E-state index contributed by atoms with van der Waals surface area (Å²) in [5, 5.41) is 31.2. The zero-order chi connectivity index (χ0) is 23.1. The summed E-state index contributed by atoms with van der Waals surface area (Å²) >= 11 is 8.11. The van der Waals surface area contributed by atoms with Crippen LogP contribution in [0.3, 0.4) is 0 Å². The van der Waals surface area contributed by atoms with Crippen LogP contribution in [0, 0.1) is 11.8 Å². The van der Waals surface area contributed by atoms with Gasteiger partial charge in [0, 0.05) is 39.6 Å². The van der Waals surface area contributed by atoms with E-state index in [1.165, 1.54) is 0 Å². The minimum absolute atomic E-state index is 0.0221. The van der Waals surface area contributed by atoms with Crippen LogP contribution in [0.1, 0.15) is 43.4 Å². The molecular formula is C25H29ClO5S. The molecule has 0 unspecified atom stereocenters. The van der Waals surface area contributed by atoms with Gasteiger partial charge in [-0.1, -0.05) is 54.1 Å². The Kier molecular flexibility index (Phi) is 9.05. The van der Waals surface area contributed by atoms with Gasteiger partial charge in [-0.25, -0.2) is 0 Å². The second-order valence-electron chi connectivity index (χ2n) is 8.24. The molecule has 0 saturated heterocycles. The molecule has 3 N–H and O–H groups in total. The summed E-state index contributed by atoms with van der Waals surface area (Å²) < 4.78 is 1.13. The molecule has 172 valence electrons. The third-order valence-electron chi connectivity index (χ3n) is 5.88. The number of aliphatic hydroxyl groups is 2. The Morgan fingerprint density at radius 2 is 2.06 bits per heavy atom.